The minimum Gasteiger partial charge on any atom is -0.373 e. The fraction of sp³-hybridized carbons (Fsp3) is 0.412. The van der Waals surface area contributed by atoms with Crippen molar-refractivity contribution in [1.82, 2.24) is 9.62 Å². The summed E-state index contributed by atoms with van der Waals surface area (Å²) in [5.41, 5.74) is 2.67. The summed E-state index contributed by atoms with van der Waals surface area (Å²) >= 11 is 1.76. The van der Waals surface area contributed by atoms with Crippen LogP contribution >= 0.6 is 11.9 Å². The van der Waals surface area contributed by atoms with Crippen LogP contribution in [0.1, 0.15) is 25.8 Å². The lowest BCUT2D eigenvalue weighted by Crippen LogP contribution is -2.32. The number of likely N-dealkylation sites (N-methyl/N-ethyl adjacent to an activating group) is 1. The van der Waals surface area contributed by atoms with E-state index >= 15 is 0 Å². The Hall–Kier alpha value is -1.19. The van der Waals surface area contributed by atoms with Crippen molar-refractivity contribution >= 4 is 11.9 Å². The van der Waals surface area contributed by atoms with Gasteiger partial charge < -0.3 is 4.90 Å². The summed E-state index contributed by atoms with van der Waals surface area (Å²) in [6.45, 7) is 9.07. The van der Waals surface area contributed by atoms with Crippen molar-refractivity contribution in [2.45, 2.75) is 32.1 Å². The molecule has 1 atom stereocenters. The van der Waals surface area contributed by atoms with Crippen LogP contribution in [-0.2, 0) is 5.75 Å². The highest BCUT2D eigenvalue weighted by Gasteiger charge is 2.11. The molecule has 0 aliphatic carbocycles. The van der Waals surface area contributed by atoms with Gasteiger partial charge in [0.25, 0.3) is 0 Å². The second-order valence-electron chi connectivity index (χ2n) is 4.82. The Labute approximate surface area is 128 Å². The van der Waals surface area contributed by atoms with E-state index in [0.717, 1.165) is 18.7 Å². The maximum atomic E-state index is 3.81. The Bertz CT molecular complexity index is 414. The fourth-order valence-corrected chi connectivity index (χ4v) is 2.87. The highest BCUT2D eigenvalue weighted by molar-refractivity contribution is 7.96. The Morgan fingerprint density at radius 2 is 2.10 bits per heavy atom. The number of hydrogen-bond donors (Lipinski definition) is 1. The predicted molar refractivity (Wildman–Crippen MR) is 91.5 cm³/mol. The molecule has 3 heteroatoms. The molecule has 0 aromatic heterocycles. The van der Waals surface area contributed by atoms with E-state index in [1.54, 1.807) is 11.9 Å². The van der Waals surface area contributed by atoms with E-state index in [4.69, 9.17) is 0 Å². The monoisotopic (exact) mass is 290 g/mol. The van der Waals surface area contributed by atoms with Crippen molar-refractivity contribution in [3.05, 3.63) is 60.3 Å². The minimum atomic E-state index is 0.327. The molecular formula is C17H26N2S. The van der Waals surface area contributed by atoms with Crippen molar-refractivity contribution < 1.29 is 0 Å². The molecule has 0 heterocycles. The first kappa shape index (κ1) is 16.9. The molecule has 0 aliphatic rings. The first-order valence-corrected chi connectivity index (χ1v) is 8.10. The van der Waals surface area contributed by atoms with E-state index < -0.39 is 0 Å². The molecule has 0 saturated carbocycles. The summed E-state index contributed by atoms with van der Waals surface area (Å²) < 4.78 is 3.53. The number of hydrogen-bond acceptors (Lipinski definition) is 3. The van der Waals surface area contributed by atoms with Crippen molar-refractivity contribution in [3.8, 4) is 0 Å². The van der Waals surface area contributed by atoms with Gasteiger partial charge in [-0.3, -0.25) is 4.72 Å². The van der Waals surface area contributed by atoms with Gasteiger partial charge in [-0.25, -0.2) is 0 Å². The van der Waals surface area contributed by atoms with E-state index in [0.29, 0.717) is 6.04 Å². The van der Waals surface area contributed by atoms with E-state index in [1.807, 2.05) is 6.08 Å². The van der Waals surface area contributed by atoms with Gasteiger partial charge >= 0.3 is 0 Å². The molecule has 0 fully saturated rings. The second-order valence-corrected chi connectivity index (χ2v) is 5.63. The molecule has 1 rings (SSSR count). The molecule has 110 valence electrons. The van der Waals surface area contributed by atoms with Crippen molar-refractivity contribution in [3.63, 3.8) is 0 Å². The van der Waals surface area contributed by atoms with Crippen LogP contribution in [0, 0.1) is 0 Å². The van der Waals surface area contributed by atoms with Gasteiger partial charge in [-0.15, -0.1) is 6.58 Å². The number of nitrogens with zero attached hydrogens (tertiary/aromatic N) is 1. The van der Waals surface area contributed by atoms with Gasteiger partial charge in [0, 0.05) is 25.0 Å². The molecule has 1 aromatic carbocycles. The maximum Gasteiger partial charge on any atom is 0.0539 e. The van der Waals surface area contributed by atoms with Crippen LogP contribution in [0.2, 0.25) is 0 Å². The van der Waals surface area contributed by atoms with Crippen LogP contribution in [0.3, 0.4) is 0 Å². The summed E-state index contributed by atoms with van der Waals surface area (Å²) in [6, 6.07) is 10.9. The zero-order chi connectivity index (χ0) is 14.8. The third-order valence-corrected chi connectivity index (χ3v) is 4.04. The highest BCUT2D eigenvalue weighted by Crippen LogP contribution is 2.14. The summed E-state index contributed by atoms with van der Waals surface area (Å²) in [6.07, 6.45) is 5.27. The highest BCUT2D eigenvalue weighted by atomic mass is 32.2. The largest absolute Gasteiger partial charge is 0.373 e. The fourth-order valence-electron chi connectivity index (χ4n) is 2.06. The number of allylic oxidation sites excluding steroid dienone is 1. The smallest absolute Gasteiger partial charge is 0.0539 e. The average Bonchev–Trinajstić information content (AvgIpc) is 2.46. The quantitative estimate of drug-likeness (QED) is 0.541. The Kier molecular flexibility index (Phi) is 8.16. The van der Waals surface area contributed by atoms with E-state index in [1.165, 1.54) is 11.3 Å². The molecule has 1 N–H and O–H groups in total. The van der Waals surface area contributed by atoms with Crippen LogP contribution < -0.4 is 4.72 Å². The summed E-state index contributed by atoms with van der Waals surface area (Å²) in [5.74, 6) is 0.982. The predicted octanol–water partition coefficient (Wildman–Crippen LogP) is 4.22. The van der Waals surface area contributed by atoms with Crippen LogP contribution in [0.5, 0.6) is 0 Å². The molecule has 2 nitrogen and oxygen atoms in total. The first-order valence-electron chi connectivity index (χ1n) is 7.12. The van der Waals surface area contributed by atoms with Gasteiger partial charge in [-0.2, -0.15) is 0 Å². The lowest BCUT2D eigenvalue weighted by atomic mass is 10.2. The van der Waals surface area contributed by atoms with E-state index in [9.17, 15) is 0 Å². The molecule has 20 heavy (non-hydrogen) atoms. The molecule has 0 radical (unpaired) electrons. The summed E-state index contributed by atoms with van der Waals surface area (Å²) in [4.78, 5) is 2.25. The second kappa shape index (κ2) is 9.67. The average molecular weight is 290 g/mol. The van der Waals surface area contributed by atoms with E-state index in [-0.39, 0.29) is 0 Å². The minimum absolute atomic E-state index is 0.327. The Morgan fingerprint density at radius 1 is 1.40 bits per heavy atom. The molecule has 0 spiro atoms. The van der Waals surface area contributed by atoms with Crippen molar-refractivity contribution in [2.24, 2.45) is 0 Å². The van der Waals surface area contributed by atoms with E-state index in [2.05, 4.69) is 73.5 Å². The maximum absolute atomic E-state index is 3.81. The third kappa shape index (κ3) is 5.85. The summed E-state index contributed by atoms with van der Waals surface area (Å²) in [5, 5.41) is 0. The number of rotatable bonds is 9. The topological polar surface area (TPSA) is 15.3 Å². The molecule has 0 amide bonds. The lowest BCUT2D eigenvalue weighted by molar-refractivity contribution is 0.423. The van der Waals surface area contributed by atoms with Gasteiger partial charge in [0.05, 0.1) is 6.04 Å². The molecule has 0 bridgehead atoms. The lowest BCUT2D eigenvalue weighted by Gasteiger charge is -2.27. The molecule has 1 unspecified atom stereocenters. The van der Waals surface area contributed by atoms with Crippen LogP contribution in [0.4, 0.5) is 0 Å². The van der Waals surface area contributed by atoms with Gasteiger partial charge in [0.2, 0.25) is 0 Å². The molecule has 0 saturated heterocycles. The SMILES string of the molecule is C=CCN(C)/C(=C\CC)C(C)NSCc1ccccc1. The standard InChI is InChI=1S/C17H26N2S/c1-5-10-17(19(4)13-6-2)15(3)18-20-14-16-11-8-7-9-12-16/h6-12,15,18H,2,5,13-14H2,1,3-4H3/b17-10-. The van der Waals surface area contributed by atoms with Crippen LogP contribution in [0.15, 0.2) is 54.8 Å². The van der Waals surface area contributed by atoms with Gasteiger partial charge in [-0.05, 0) is 18.9 Å². The van der Waals surface area contributed by atoms with Gasteiger partial charge in [0.1, 0.15) is 0 Å². The molecule has 0 aliphatic heterocycles. The van der Waals surface area contributed by atoms with Gasteiger partial charge in [-0.1, -0.05) is 61.4 Å². The number of benzene rings is 1. The molecular weight excluding hydrogens is 264 g/mol. The Balaban J connectivity index is 2.48. The normalized spacial score (nSPS) is 13.1. The first-order chi connectivity index (χ1) is 9.69. The summed E-state index contributed by atoms with van der Waals surface area (Å²) in [7, 11) is 2.11. The van der Waals surface area contributed by atoms with Crippen molar-refractivity contribution in [2.75, 3.05) is 13.6 Å². The Morgan fingerprint density at radius 3 is 2.70 bits per heavy atom. The van der Waals surface area contributed by atoms with Crippen LogP contribution in [-0.4, -0.2) is 24.5 Å². The number of nitrogens with one attached hydrogen (secondary N) is 1. The van der Waals surface area contributed by atoms with Crippen LogP contribution in [0.25, 0.3) is 0 Å². The molecule has 1 aromatic rings. The van der Waals surface area contributed by atoms with Crippen molar-refractivity contribution in [1.29, 1.82) is 0 Å². The zero-order valence-corrected chi connectivity index (χ0v) is 13.6. The third-order valence-electron chi connectivity index (χ3n) is 3.04. The van der Waals surface area contributed by atoms with Gasteiger partial charge in [0.15, 0.2) is 0 Å². The zero-order valence-electron chi connectivity index (χ0n) is 12.8.